The van der Waals surface area contributed by atoms with Crippen LogP contribution in [0.3, 0.4) is 0 Å². The third-order valence-corrected chi connectivity index (χ3v) is 4.20. The molecule has 2 rings (SSSR count). The summed E-state index contributed by atoms with van der Waals surface area (Å²) in [6.45, 7) is 6.83. The largest absolute Gasteiger partial charge is 0.501 e. The van der Waals surface area contributed by atoms with Crippen LogP contribution in [0.25, 0.3) is 9.40 Å². The highest BCUT2D eigenvalue weighted by atomic mass is 32.1. The Bertz CT molecular complexity index is 441. The Balaban J connectivity index is 2.04. The summed E-state index contributed by atoms with van der Waals surface area (Å²) in [4.78, 5) is 0. The summed E-state index contributed by atoms with van der Waals surface area (Å²) in [5.74, 6) is 0. The van der Waals surface area contributed by atoms with E-state index in [0.717, 1.165) is 4.78 Å². The van der Waals surface area contributed by atoms with Crippen molar-refractivity contribution >= 4 is 44.0 Å². The molecule has 0 aliphatic heterocycles. The maximum Gasteiger partial charge on any atom is 0.501 e. The van der Waals surface area contributed by atoms with E-state index < -0.39 is 7.12 Å². The minimum Gasteiger partial charge on any atom is -0.423 e. The summed E-state index contributed by atoms with van der Waals surface area (Å²) in [7, 11) is -0.788. The summed E-state index contributed by atoms with van der Waals surface area (Å²) in [5, 5.41) is 12.0. The van der Waals surface area contributed by atoms with E-state index in [2.05, 4.69) is 32.2 Å². The maximum absolute atomic E-state index is 9.90. The first-order valence-electron chi connectivity index (χ1n) is 5.22. The van der Waals surface area contributed by atoms with Crippen molar-refractivity contribution in [3.63, 3.8) is 0 Å². The van der Waals surface area contributed by atoms with Gasteiger partial charge >= 0.3 is 7.12 Å². The number of fused-ring (bicyclic) bond motifs is 1. The molecule has 2 aromatic rings. The molecule has 0 radical (unpaired) electrons. The first kappa shape index (κ1) is 12.1. The zero-order valence-electron chi connectivity index (χ0n) is 9.69. The lowest BCUT2D eigenvalue weighted by Gasteiger charge is -2.19. The normalized spacial score (nSPS) is 12.2. The van der Waals surface area contributed by atoms with Gasteiger partial charge in [0, 0.05) is 20.8 Å². The first-order valence-corrected chi connectivity index (χ1v) is 6.92. The second kappa shape index (κ2) is 4.49. The van der Waals surface area contributed by atoms with Crippen LogP contribution in [0.4, 0.5) is 0 Å². The van der Waals surface area contributed by atoms with Gasteiger partial charge in [0.1, 0.15) is 0 Å². The van der Waals surface area contributed by atoms with Crippen molar-refractivity contribution in [2.24, 2.45) is 5.41 Å². The van der Waals surface area contributed by atoms with Crippen molar-refractivity contribution in [3.8, 4) is 0 Å². The molecule has 86 valence electrons. The second-order valence-electron chi connectivity index (χ2n) is 5.02. The Morgan fingerprint density at radius 3 is 2.75 bits per heavy atom. The summed E-state index contributed by atoms with van der Waals surface area (Å²) in [6, 6.07) is 4.09. The third-order valence-electron chi connectivity index (χ3n) is 2.08. The molecular formula is C11H15BO2S2. The van der Waals surface area contributed by atoms with Gasteiger partial charge in [-0.1, -0.05) is 20.8 Å². The van der Waals surface area contributed by atoms with E-state index in [1.807, 2.05) is 6.07 Å². The summed E-state index contributed by atoms with van der Waals surface area (Å²) in [5.41, 5.74) is 0.0790. The average Bonchev–Trinajstić information content (AvgIpc) is 2.71. The molecule has 0 aliphatic carbocycles. The van der Waals surface area contributed by atoms with Crippen molar-refractivity contribution in [3.05, 3.63) is 17.5 Å². The van der Waals surface area contributed by atoms with Crippen LogP contribution in [0, 0.1) is 5.41 Å². The summed E-state index contributed by atoms with van der Waals surface area (Å²) < 4.78 is 8.80. The highest BCUT2D eigenvalue weighted by Crippen LogP contribution is 2.25. The molecule has 0 amide bonds. The van der Waals surface area contributed by atoms with Gasteiger partial charge in [0.05, 0.1) is 0 Å². The van der Waals surface area contributed by atoms with Gasteiger partial charge in [-0.2, -0.15) is 0 Å². The molecule has 1 N–H and O–H groups in total. The van der Waals surface area contributed by atoms with Crippen LogP contribution in [-0.4, -0.2) is 18.7 Å². The van der Waals surface area contributed by atoms with E-state index in [1.54, 1.807) is 22.7 Å². The highest BCUT2D eigenvalue weighted by Gasteiger charge is 2.22. The lowest BCUT2D eigenvalue weighted by molar-refractivity contribution is 0.175. The molecule has 0 bridgehead atoms. The van der Waals surface area contributed by atoms with Crippen LogP contribution in [0.2, 0.25) is 0 Å². The van der Waals surface area contributed by atoms with Gasteiger partial charge in [-0.25, -0.2) is 0 Å². The predicted octanol–water partition coefficient (Wildman–Crippen LogP) is 2.71. The van der Waals surface area contributed by atoms with E-state index in [-0.39, 0.29) is 5.41 Å². The monoisotopic (exact) mass is 254 g/mol. The van der Waals surface area contributed by atoms with Crippen LogP contribution < -0.4 is 4.78 Å². The highest BCUT2D eigenvalue weighted by molar-refractivity contribution is 7.32. The zero-order valence-corrected chi connectivity index (χ0v) is 11.3. The van der Waals surface area contributed by atoms with Gasteiger partial charge in [0.15, 0.2) is 0 Å². The molecule has 0 saturated heterocycles. The van der Waals surface area contributed by atoms with E-state index in [1.165, 1.54) is 9.40 Å². The Hall–Kier alpha value is -0.355. The summed E-state index contributed by atoms with van der Waals surface area (Å²) in [6.07, 6.45) is 0. The molecule has 0 saturated carbocycles. The molecule has 0 aliphatic rings. The lowest BCUT2D eigenvalue weighted by Crippen LogP contribution is -2.34. The molecule has 16 heavy (non-hydrogen) atoms. The molecule has 2 heterocycles. The van der Waals surface area contributed by atoms with E-state index in [9.17, 15) is 5.02 Å². The Morgan fingerprint density at radius 2 is 2.12 bits per heavy atom. The average molecular weight is 254 g/mol. The van der Waals surface area contributed by atoms with Crippen molar-refractivity contribution in [2.45, 2.75) is 20.8 Å². The number of rotatable bonds is 3. The lowest BCUT2D eigenvalue weighted by atomic mass is 9.87. The Morgan fingerprint density at radius 1 is 1.38 bits per heavy atom. The maximum atomic E-state index is 9.90. The third kappa shape index (κ3) is 2.85. The second-order valence-corrected chi connectivity index (χ2v) is 7.08. The van der Waals surface area contributed by atoms with E-state index in [0.29, 0.717) is 6.61 Å². The standard InChI is InChI=1S/C11H15BO2S2/c1-11(2,3)7-14-12(13)10-6-9-8(16-10)4-5-15-9/h4-6,13H,7H2,1-3H3. The fourth-order valence-corrected chi connectivity index (χ4v) is 3.37. The molecular weight excluding hydrogens is 239 g/mol. The quantitative estimate of drug-likeness (QED) is 0.853. The fraction of sp³-hybridized carbons (Fsp3) is 0.455. The number of hydrogen-bond acceptors (Lipinski definition) is 4. The smallest absolute Gasteiger partial charge is 0.423 e. The van der Waals surface area contributed by atoms with Crippen molar-refractivity contribution < 1.29 is 9.68 Å². The fourth-order valence-electron chi connectivity index (χ4n) is 1.32. The Labute approximate surface area is 104 Å². The summed E-state index contributed by atoms with van der Waals surface area (Å²) >= 11 is 3.29. The van der Waals surface area contributed by atoms with Crippen LogP contribution in [-0.2, 0) is 4.65 Å². The van der Waals surface area contributed by atoms with Gasteiger partial charge in [-0.3, -0.25) is 0 Å². The van der Waals surface area contributed by atoms with Crippen molar-refractivity contribution in [1.29, 1.82) is 0 Å². The van der Waals surface area contributed by atoms with Crippen LogP contribution in [0.15, 0.2) is 17.5 Å². The minimum atomic E-state index is -0.788. The van der Waals surface area contributed by atoms with Gasteiger partial charge in [-0.15, -0.1) is 22.7 Å². The predicted molar refractivity (Wildman–Crippen MR) is 72.7 cm³/mol. The van der Waals surface area contributed by atoms with Gasteiger partial charge in [0.25, 0.3) is 0 Å². The van der Waals surface area contributed by atoms with Crippen LogP contribution >= 0.6 is 22.7 Å². The van der Waals surface area contributed by atoms with Crippen molar-refractivity contribution in [2.75, 3.05) is 6.61 Å². The first-order chi connectivity index (χ1) is 7.46. The number of thiophene rings is 2. The molecule has 0 spiro atoms. The Kier molecular flexibility index (Phi) is 3.40. The van der Waals surface area contributed by atoms with Crippen molar-refractivity contribution in [1.82, 2.24) is 0 Å². The number of hydrogen-bond donors (Lipinski definition) is 1. The SMILES string of the molecule is CC(C)(C)COB(O)c1cc2sccc2s1. The van der Waals surface area contributed by atoms with Gasteiger partial charge in [0.2, 0.25) is 0 Å². The van der Waals surface area contributed by atoms with E-state index in [4.69, 9.17) is 4.65 Å². The minimum absolute atomic E-state index is 0.0790. The molecule has 0 aromatic carbocycles. The van der Waals surface area contributed by atoms with Crippen LogP contribution in [0.1, 0.15) is 20.8 Å². The van der Waals surface area contributed by atoms with Gasteiger partial charge in [-0.05, 0) is 22.9 Å². The molecule has 0 atom stereocenters. The van der Waals surface area contributed by atoms with E-state index >= 15 is 0 Å². The molecule has 0 unspecified atom stereocenters. The topological polar surface area (TPSA) is 29.5 Å². The molecule has 2 aromatic heterocycles. The zero-order chi connectivity index (χ0) is 11.8. The van der Waals surface area contributed by atoms with Gasteiger partial charge < -0.3 is 9.68 Å². The molecule has 5 heteroatoms. The molecule has 0 fully saturated rings. The van der Waals surface area contributed by atoms with Crippen LogP contribution in [0.5, 0.6) is 0 Å². The molecule has 2 nitrogen and oxygen atoms in total.